The number of benzene rings is 2. The van der Waals surface area contributed by atoms with Crippen LogP contribution in [0.25, 0.3) is 0 Å². The standard InChI is InChI=1S/C18H19Cl2N3O2/c1-23(11-16(24)21-10-13-6-3-2-4-7-13)12-17(25)22-18-14(19)8-5-9-15(18)20/h2-9H,10-12H2,1H3,(H,21,24)(H,22,25). The highest BCUT2D eigenvalue weighted by molar-refractivity contribution is 6.39. The second kappa shape index (κ2) is 9.42. The number of nitrogens with one attached hydrogen (secondary N) is 2. The van der Waals surface area contributed by atoms with Crippen LogP contribution in [0.5, 0.6) is 0 Å². The van der Waals surface area contributed by atoms with Crippen molar-refractivity contribution in [3.63, 3.8) is 0 Å². The summed E-state index contributed by atoms with van der Waals surface area (Å²) in [7, 11) is 1.69. The molecule has 25 heavy (non-hydrogen) atoms. The molecule has 0 heterocycles. The molecular weight excluding hydrogens is 361 g/mol. The van der Waals surface area contributed by atoms with Crippen LogP contribution in [0, 0.1) is 0 Å². The minimum absolute atomic E-state index is 0.0420. The summed E-state index contributed by atoms with van der Waals surface area (Å²) < 4.78 is 0. The number of hydrogen-bond acceptors (Lipinski definition) is 3. The Balaban J connectivity index is 1.78. The molecule has 2 amide bonds. The Morgan fingerprint density at radius 1 is 0.920 bits per heavy atom. The molecule has 0 spiro atoms. The van der Waals surface area contributed by atoms with Gasteiger partial charge in [0.25, 0.3) is 0 Å². The molecule has 7 heteroatoms. The molecule has 0 radical (unpaired) electrons. The number of nitrogens with zero attached hydrogens (tertiary/aromatic N) is 1. The van der Waals surface area contributed by atoms with Crippen molar-refractivity contribution in [3.05, 3.63) is 64.1 Å². The third-order valence-electron chi connectivity index (χ3n) is 3.39. The molecule has 0 aliphatic carbocycles. The van der Waals surface area contributed by atoms with Gasteiger partial charge in [-0.3, -0.25) is 14.5 Å². The van der Waals surface area contributed by atoms with Crippen LogP contribution < -0.4 is 10.6 Å². The van der Waals surface area contributed by atoms with E-state index in [9.17, 15) is 9.59 Å². The summed E-state index contributed by atoms with van der Waals surface area (Å²) in [5, 5.41) is 6.21. The molecular formula is C18H19Cl2N3O2. The lowest BCUT2D eigenvalue weighted by Gasteiger charge is -2.16. The van der Waals surface area contributed by atoms with Crippen molar-refractivity contribution in [1.82, 2.24) is 10.2 Å². The van der Waals surface area contributed by atoms with Crippen LogP contribution in [-0.4, -0.2) is 36.9 Å². The molecule has 0 aliphatic rings. The summed E-state index contributed by atoms with van der Waals surface area (Å²) in [6.07, 6.45) is 0. The predicted molar refractivity (Wildman–Crippen MR) is 101 cm³/mol. The summed E-state index contributed by atoms with van der Waals surface area (Å²) in [4.78, 5) is 25.6. The number of rotatable bonds is 7. The molecule has 0 unspecified atom stereocenters. The fourth-order valence-electron chi connectivity index (χ4n) is 2.19. The van der Waals surface area contributed by atoms with Gasteiger partial charge in [0.1, 0.15) is 0 Å². The van der Waals surface area contributed by atoms with Gasteiger partial charge in [0.2, 0.25) is 11.8 Å². The number of para-hydroxylation sites is 1. The summed E-state index contributed by atoms with van der Waals surface area (Å²) in [5.41, 5.74) is 1.39. The molecule has 0 fully saturated rings. The zero-order chi connectivity index (χ0) is 18.2. The zero-order valence-corrected chi connectivity index (χ0v) is 15.3. The van der Waals surface area contributed by atoms with Crippen molar-refractivity contribution in [2.75, 3.05) is 25.5 Å². The van der Waals surface area contributed by atoms with Crippen LogP contribution in [0.4, 0.5) is 5.69 Å². The Morgan fingerprint density at radius 3 is 2.16 bits per heavy atom. The van der Waals surface area contributed by atoms with E-state index in [0.29, 0.717) is 22.3 Å². The fourth-order valence-corrected chi connectivity index (χ4v) is 2.69. The summed E-state index contributed by atoms with van der Waals surface area (Å²) >= 11 is 12.0. The van der Waals surface area contributed by atoms with Gasteiger partial charge in [-0.25, -0.2) is 0 Å². The summed E-state index contributed by atoms with van der Waals surface area (Å²) in [5.74, 6) is -0.455. The maximum Gasteiger partial charge on any atom is 0.238 e. The number of anilines is 1. The fraction of sp³-hybridized carbons (Fsp3) is 0.222. The van der Waals surface area contributed by atoms with Gasteiger partial charge in [-0.2, -0.15) is 0 Å². The van der Waals surface area contributed by atoms with Crippen LogP contribution in [0.15, 0.2) is 48.5 Å². The first-order chi connectivity index (χ1) is 12.0. The Labute approximate surface area is 156 Å². The summed E-state index contributed by atoms with van der Waals surface area (Å²) in [6, 6.07) is 14.6. The van der Waals surface area contributed by atoms with E-state index < -0.39 is 0 Å². The van der Waals surface area contributed by atoms with Crippen LogP contribution in [0.1, 0.15) is 5.56 Å². The van der Waals surface area contributed by atoms with Crippen molar-refractivity contribution >= 4 is 40.7 Å². The maximum absolute atomic E-state index is 12.1. The van der Waals surface area contributed by atoms with Crippen molar-refractivity contribution in [2.45, 2.75) is 6.54 Å². The van der Waals surface area contributed by atoms with Crippen LogP contribution in [0.3, 0.4) is 0 Å². The normalized spacial score (nSPS) is 10.6. The molecule has 2 aromatic carbocycles. The van der Waals surface area contributed by atoms with Crippen molar-refractivity contribution < 1.29 is 9.59 Å². The molecule has 132 valence electrons. The first kappa shape index (κ1) is 19.2. The van der Waals surface area contributed by atoms with Gasteiger partial charge in [0.05, 0.1) is 28.8 Å². The van der Waals surface area contributed by atoms with Gasteiger partial charge in [0.15, 0.2) is 0 Å². The van der Waals surface area contributed by atoms with E-state index in [1.807, 2.05) is 30.3 Å². The molecule has 0 saturated heterocycles. The zero-order valence-electron chi connectivity index (χ0n) is 13.8. The third kappa shape index (κ3) is 6.38. The van der Waals surface area contributed by atoms with Gasteiger partial charge < -0.3 is 10.6 Å². The number of amides is 2. The second-order valence-electron chi connectivity index (χ2n) is 5.58. The molecule has 0 atom stereocenters. The highest BCUT2D eigenvalue weighted by Crippen LogP contribution is 2.29. The number of carbonyl (C=O) groups is 2. The smallest absolute Gasteiger partial charge is 0.238 e. The molecule has 0 bridgehead atoms. The van der Waals surface area contributed by atoms with Crippen LogP contribution in [-0.2, 0) is 16.1 Å². The average Bonchev–Trinajstić information content (AvgIpc) is 2.57. The van der Waals surface area contributed by atoms with E-state index in [4.69, 9.17) is 23.2 Å². The van der Waals surface area contributed by atoms with E-state index in [1.54, 1.807) is 30.1 Å². The highest BCUT2D eigenvalue weighted by atomic mass is 35.5. The lowest BCUT2D eigenvalue weighted by molar-refractivity contribution is -0.123. The van der Waals surface area contributed by atoms with Crippen molar-refractivity contribution in [3.8, 4) is 0 Å². The Kier molecular flexibility index (Phi) is 7.25. The number of hydrogen-bond donors (Lipinski definition) is 2. The topological polar surface area (TPSA) is 61.4 Å². The first-order valence-corrected chi connectivity index (χ1v) is 8.44. The number of carbonyl (C=O) groups excluding carboxylic acids is 2. The van der Waals surface area contributed by atoms with Gasteiger partial charge in [-0.1, -0.05) is 59.6 Å². The number of halogens is 2. The summed E-state index contributed by atoms with van der Waals surface area (Å²) in [6.45, 7) is 0.603. The molecule has 2 N–H and O–H groups in total. The average molecular weight is 380 g/mol. The Morgan fingerprint density at radius 2 is 1.52 bits per heavy atom. The van der Waals surface area contributed by atoms with E-state index in [2.05, 4.69) is 10.6 Å². The predicted octanol–water partition coefficient (Wildman–Crippen LogP) is 3.18. The second-order valence-corrected chi connectivity index (χ2v) is 6.39. The highest BCUT2D eigenvalue weighted by Gasteiger charge is 2.13. The van der Waals surface area contributed by atoms with Crippen molar-refractivity contribution in [2.24, 2.45) is 0 Å². The SMILES string of the molecule is CN(CC(=O)NCc1ccccc1)CC(=O)Nc1c(Cl)cccc1Cl. The lowest BCUT2D eigenvalue weighted by atomic mass is 10.2. The largest absolute Gasteiger partial charge is 0.351 e. The van der Waals surface area contributed by atoms with Crippen molar-refractivity contribution in [1.29, 1.82) is 0 Å². The van der Waals surface area contributed by atoms with Gasteiger partial charge in [-0.05, 0) is 24.7 Å². The molecule has 0 saturated carbocycles. The van der Waals surface area contributed by atoms with Crippen LogP contribution >= 0.6 is 23.2 Å². The monoisotopic (exact) mass is 379 g/mol. The first-order valence-electron chi connectivity index (χ1n) is 7.68. The van der Waals surface area contributed by atoms with Gasteiger partial charge in [0, 0.05) is 6.54 Å². The minimum atomic E-state index is -0.298. The lowest BCUT2D eigenvalue weighted by Crippen LogP contribution is -2.38. The van der Waals surface area contributed by atoms with E-state index in [1.165, 1.54) is 0 Å². The van der Waals surface area contributed by atoms with Gasteiger partial charge in [-0.15, -0.1) is 0 Å². The quantitative estimate of drug-likeness (QED) is 0.776. The molecule has 5 nitrogen and oxygen atoms in total. The Bertz CT molecular complexity index is 718. The minimum Gasteiger partial charge on any atom is -0.351 e. The van der Waals surface area contributed by atoms with E-state index in [0.717, 1.165) is 5.56 Å². The van der Waals surface area contributed by atoms with E-state index >= 15 is 0 Å². The van der Waals surface area contributed by atoms with E-state index in [-0.39, 0.29) is 24.9 Å². The number of likely N-dealkylation sites (N-methyl/N-ethyl adjacent to an activating group) is 1. The molecule has 2 aromatic rings. The maximum atomic E-state index is 12.1. The third-order valence-corrected chi connectivity index (χ3v) is 4.02. The molecule has 2 rings (SSSR count). The molecule has 0 aliphatic heterocycles. The van der Waals surface area contributed by atoms with Crippen LogP contribution in [0.2, 0.25) is 10.0 Å². The van der Waals surface area contributed by atoms with Gasteiger partial charge >= 0.3 is 0 Å². The Hall–Kier alpha value is -2.08. The molecule has 0 aromatic heterocycles.